The molecule has 3 nitrogen and oxygen atoms in total. The average molecular weight is 287 g/mol. The zero-order valence-electron chi connectivity index (χ0n) is 12.2. The highest BCUT2D eigenvalue weighted by Gasteiger charge is 2.11. The first-order valence-electron chi connectivity index (χ1n) is 6.78. The van der Waals surface area contributed by atoms with Gasteiger partial charge in [-0.25, -0.2) is 4.39 Å². The van der Waals surface area contributed by atoms with Gasteiger partial charge >= 0.3 is 0 Å². The van der Waals surface area contributed by atoms with E-state index in [0.717, 1.165) is 16.9 Å². The zero-order valence-corrected chi connectivity index (χ0v) is 12.2. The van der Waals surface area contributed by atoms with Crippen LogP contribution in [0.2, 0.25) is 0 Å². The number of ether oxygens (including phenoxy) is 1. The summed E-state index contributed by atoms with van der Waals surface area (Å²) in [5.41, 5.74) is 1.86. The number of nitrogens with one attached hydrogen (secondary N) is 1. The second-order valence-corrected chi connectivity index (χ2v) is 4.80. The number of aryl methyl sites for hydroxylation is 1. The van der Waals surface area contributed by atoms with Crippen LogP contribution in [0.25, 0.3) is 0 Å². The molecule has 0 aliphatic carbocycles. The van der Waals surface area contributed by atoms with E-state index >= 15 is 0 Å². The van der Waals surface area contributed by atoms with Crippen molar-refractivity contribution in [2.75, 3.05) is 13.7 Å². The first kappa shape index (κ1) is 15.0. The molecule has 1 amide bonds. The molecule has 0 aromatic heterocycles. The second kappa shape index (κ2) is 6.88. The molecule has 2 aromatic rings. The maximum Gasteiger partial charge on any atom is 0.254 e. The van der Waals surface area contributed by atoms with Crippen molar-refractivity contribution in [3.8, 4) is 5.75 Å². The summed E-state index contributed by atoms with van der Waals surface area (Å²) in [4.78, 5) is 11.9. The molecule has 0 radical (unpaired) electrons. The molecule has 0 saturated heterocycles. The third-order valence-corrected chi connectivity index (χ3v) is 3.24. The summed E-state index contributed by atoms with van der Waals surface area (Å²) in [6, 6.07) is 12.2. The molecule has 2 aromatic carbocycles. The van der Waals surface area contributed by atoms with Crippen LogP contribution in [0.15, 0.2) is 42.5 Å². The van der Waals surface area contributed by atoms with Crippen LogP contribution in [0.4, 0.5) is 4.39 Å². The van der Waals surface area contributed by atoms with Crippen LogP contribution >= 0.6 is 0 Å². The summed E-state index contributed by atoms with van der Waals surface area (Å²) < 4.78 is 18.9. The Balaban J connectivity index is 1.95. The van der Waals surface area contributed by atoms with E-state index in [0.29, 0.717) is 13.0 Å². The van der Waals surface area contributed by atoms with Crippen molar-refractivity contribution < 1.29 is 13.9 Å². The van der Waals surface area contributed by atoms with Crippen LogP contribution in [0.5, 0.6) is 5.75 Å². The van der Waals surface area contributed by atoms with Gasteiger partial charge in [0.1, 0.15) is 11.6 Å². The van der Waals surface area contributed by atoms with Gasteiger partial charge in [-0.15, -0.1) is 0 Å². The molecular formula is C17H18FNO2. The predicted octanol–water partition coefficient (Wildman–Crippen LogP) is 3.12. The molecule has 1 N–H and O–H groups in total. The highest BCUT2D eigenvalue weighted by Crippen LogP contribution is 2.17. The normalized spacial score (nSPS) is 10.2. The molecule has 2 rings (SSSR count). The van der Waals surface area contributed by atoms with Crippen LogP contribution in [0.1, 0.15) is 21.5 Å². The van der Waals surface area contributed by atoms with E-state index in [2.05, 4.69) is 5.32 Å². The predicted molar refractivity (Wildman–Crippen MR) is 80.2 cm³/mol. The Labute approximate surface area is 123 Å². The van der Waals surface area contributed by atoms with Crippen LogP contribution in [0, 0.1) is 12.7 Å². The molecule has 0 fully saturated rings. The van der Waals surface area contributed by atoms with Gasteiger partial charge in [-0.05, 0) is 42.7 Å². The van der Waals surface area contributed by atoms with Gasteiger partial charge in [-0.3, -0.25) is 4.79 Å². The van der Waals surface area contributed by atoms with Crippen LogP contribution in [-0.2, 0) is 6.42 Å². The summed E-state index contributed by atoms with van der Waals surface area (Å²) in [5, 5.41) is 2.72. The molecule has 4 heteroatoms. The van der Waals surface area contributed by atoms with Crippen LogP contribution < -0.4 is 10.1 Å². The molecule has 0 atom stereocenters. The van der Waals surface area contributed by atoms with Crippen molar-refractivity contribution in [2.45, 2.75) is 13.3 Å². The number of para-hydroxylation sites is 1. The Kier molecular flexibility index (Phi) is 4.93. The third kappa shape index (κ3) is 3.81. The Bertz CT molecular complexity index is 640. The fourth-order valence-electron chi connectivity index (χ4n) is 2.12. The lowest BCUT2D eigenvalue weighted by atomic mass is 10.1. The first-order chi connectivity index (χ1) is 10.1. The van der Waals surface area contributed by atoms with Gasteiger partial charge in [-0.1, -0.05) is 24.3 Å². The number of benzene rings is 2. The van der Waals surface area contributed by atoms with Crippen molar-refractivity contribution in [1.82, 2.24) is 5.32 Å². The lowest BCUT2D eigenvalue weighted by molar-refractivity contribution is 0.0950. The summed E-state index contributed by atoms with van der Waals surface area (Å²) in [5.74, 6) is -0.111. The van der Waals surface area contributed by atoms with E-state index in [9.17, 15) is 9.18 Å². The number of hydrogen-bond donors (Lipinski definition) is 1. The average Bonchev–Trinajstić information content (AvgIpc) is 2.47. The topological polar surface area (TPSA) is 38.3 Å². The number of amides is 1. The van der Waals surface area contributed by atoms with Gasteiger partial charge in [0.25, 0.3) is 5.91 Å². The largest absolute Gasteiger partial charge is 0.496 e. The SMILES string of the molecule is COc1ccccc1CCNC(=O)c1ccc(C)cc1F. The summed E-state index contributed by atoms with van der Waals surface area (Å²) in [6.45, 7) is 2.21. The molecule has 0 unspecified atom stereocenters. The Hall–Kier alpha value is -2.36. The number of carbonyl (C=O) groups excluding carboxylic acids is 1. The molecule has 0 aliphatic heterocycles. The quantitative estimate of drug-likeness (QED) is 0.917. The molecule has 0 aliphatic rings. The maximum absolute atomic E-state index is 13.7. The minimum atomic E-state index is -0.496. The lowest BCUT2D eigenvalue weighted by Crippen LogP contribution is -2.26. The van der Waals surface area contributed by atoms with E-state index < -0.39 is 11.7 Å². The maximum atomic E-state index is 13.7. The van der Waals surface area contributed by atoms with Gasteiger partial charge in [0, 0.05) is 6.54 Å². The Morgan fingerprint density at radius 1 is 1.24 bits per heavy atom. The summed E-state index contributed by atoms with van der Waals surface area (Å²) in [6.07, 6.45) is 0.628. The van der Waals surface area contributed by atoms with Crippen molar-refractivity contribution in [3.63, 3.8) is 0 Å². The molecule has 0 saturated carbocycles. The number of halogens is 1. The molecule has 21 heavy (non-hydrogen) atoms. The third-order valence-electron chi connectivity index (χ3n) is 3.24. The number of hydrogen-bond acceptors (Lipinski definition) is 2. The van der Waals surface area contributed by atoms with Crippen molar-refractivity contribution >= 4 is 5.91 Å². The van der Waals surface area contributed by atoms with Gasteiger partial charge < -0.3 is 10.1 Å². The van der Waals surface area contributed by atoms with Gasteiger partial charge in [-0.2, -0.15) is 0 Å². The Morgan fingerprint density at radius 2 is 2.00 bits per heavy atom. The van der Waals surface area contributed by atoms with Crippen molar-refractivity contribution in [2.24, 2.45) is 0 Å². The summed E-state index contributed by atoms with van der Waals surface area (Å²) >= 11 is 0. The second-order valence-electron chi connectivity index (χ2n) is 4.80. The fourth-order valence-corrected chi connectivity index (χ4v) is 2.12. The number of carbonyl (C=O) groups is 1. The minimum Gasteiger partial charge on any atom is -0.496 e. The van der Waals surface area contributed by atoms with Gasteiger partial charge in [0.05, 0.1) is 12.7 Å². The van der Waals surface area contributed by atoms with Crippen molar-refractivity contribution in [3.05, 3.63) is 65.0 Å². The lowest BCUT2D eigenvalue weighted by Gasteiger charge is -2.09. The first-order valence-corrected chi connectivity index (χ1v) is 6.78. The standard InChI is InChI=1S/C17H18FNO2/c1-12-7-8-14(15(18)11-12)17(20)19-10-9-13-5-3-4-6-16(13)21-2/h3-8,11H,9-10H2,1-2H3,(H,19,20). The number of rotatable bonds is 5. The zero-order chi connectivity index (χ0) is 15.2. The van der Waals surface area contributed by atoms with Crippen LogP contribution in [0.3, 0.4) is 0 Å². The van der Waals surface area contributed by atoms with E-state index in [1.165, 1.54) is 12.1 Å². The minimum absolute atomic E-state index is 0.0700. The summed E-state index contributed by atoms with van der Waals surface area (Å²) in [7, 11) is 1.61. The highest BCUT2D eigenvalue weighted by molar-refractivity contribution is 5.94. The van der Waals surface area contributed by atoms with E-state index in [4.69, 9.17) is 4.74 Å². The molecule has 110 valence electrons. The fraction of sp³-hybridized carbons (Fsp3) is 0.235. The molecule has 0 heterocycles. The van der Waals surface area contributed by atoms with Crippen molar-refractivity contribution in [1.29, 1.82) is 0 Å². The van der Waals surface area contributed by atoms with Gasteiger partial charge in [0.15, 0.2) is 0 Å². The number of methoxy groups -OCH3 is 1. The molecular weight excluding hydrogens is 269 g/mol. The van der Waals surface area contributed by atoms with E-state index in [1.54, 1.807) is 20.1 Å². The van der Waals surface area contributed by atoms with E-state index in [1.807, 2.05) is 24.3 Å². The van der Waals surface area contributed by atoms with E-state index in [-0.39, 0.29) is 5.56 Å². The molecule has 0 spiro atoms. The Morgan fingerprint density at radius 3 is 2.71 bits per heavy atom. The molecule has 0 bridgehead atoms. The smallest absolute Gasteiger partial charge is 0.254 e. The monoisotopic (exact) mass is 287 g/mol. The highest BCUT2D eigenvalue weighted by atomic mass is 19.1. The van der Waals surface area contributed by atoms with Gasteiger partial charge in [0.2, 0.25) is 0 Å². The van der Waals surface area contributed by atoms with Crippen LogP contribution in [-0.4, -0.2) is 19.6 Å².